The van der Waals surface area contributed by atoms with Gasteiger partial charge in [0.25, 0.3) is 0 Å². The predicted octanol–water partition coefficient (Wildman–Crippen LogP) is 3.37. The number of ether oxygens (including phenoxy) is 1. The molecule has 0 bridgehead atoms. The summed E-state index contributed by atoms with van der Waals surface area (Å²) in [5, 5.41) is 4.02. The van der Waals surface area contributed by atoms with E-state index in [4.69, 9.17) is 4.74 Å². The monoisotopic (exact) mass is 379 g/mol. The van der Waals surface area contributed by atoms with Gasteiger partial charge in [0.05, 0.1) is 18.7 Å². The summed E-state index contributed by atoms with van der Waals surface area (Å²) in [7, 11) is 0. The molecule has 1 aliphatic heterocycles. The van der Waals surface area contributed by atoms with E-state index in [0.717, 1.165) is 29.8 Å². The highest BCUT2D eigenvalue weighted by atomic mass is 16.5. The van der Waals surface area contributed by atoms with Crippen LogP contribution >= 0.6 is 0 Å². The Morgan fingerprint density at radius 2 is 1.96 bits per heavy atom. The summed E-state index contributed by atoms with van der Waals surface area (Å²) in [6, 6.07) is 16.9. The fourth-order valence-corrected chi connectivity index (χ4v) is 2.99. The van der Waals surface area contributed by atoms with Crippen molar-refractivity contribution in [2.45, 2.75) is 26.2 Å². The van der Waals surface area contributed by atoms with Gasteiger partial charge in [-0.05, 0) is 48.4 Å². The highest BCUT2D eigenvalue weighted by molar-refractivity contribution is 6.00. The highest BCUT2D eigenvalue weighted by Crippen LogP contribution is 2.24. The van der Waals surface area contributed by atoms with Gasteiger partial charge in [0.1, 0.15) is 5.75 Å². The fourth-order valence-electron chi connectivity index (χ4n) is 2.99. The van der Waals surface area contributed by atoms with Crippen LogP contribution in [0, 0.1) is 5.92 Å². The number of nitrogens with one attached hydrogen (secondary N) is 1. The van der Waals surface area contributed by atoms with E-state index >= 15 is 0 Å². The van der Waals surface area contributed by atoms with E-state index < -0.39 is 5.92 Å². The second kappa shape index (κ2) is 9.69. The molecule has 1 atom stereocenters. The Hall–Kier alpha value is -3.15. The second-order valence-corrected chi connectivity index (χ2v) is 6.75. The average molecular weight is 379 g/mol. The zero-order valence-electron chi connectivity index (χ0n) is 16.0. The Morgan fingerprint density at radius 1 is 1.21 bits per heavy atom. The van der Waals surface area contributed by atoms with Crippen LogP contribution in [-0.2, 0) is 9.59 Å². The molecule has 3 rings (SSSR count). The van der Waals surface area contributed by atoms with Gasteiger partial charge in [0.15, 0.2) is 0 Å². The van der Waals surface area contributed by atoms with Gasteiger partial charge in [0.2, 0.25) is 11.8 Å². The largest absolute Gasteiger partial charge is 0.494 e. The zero-order valence-corrected chi connectivity index (χ0v) is 16.0. The molecule has 0 spiro atoms. The first-order chi connectivity index (χ1) is 13.7. The second-order valence-electron chi connectivity index (χ2n) is 6.75. The lowest BCUT2D eigenvalue weighted by atomic mass is 10.1. The van der Waals surface area contributed by atoms with Crippen molar-refractivity contribution >= 4 is 23.7 Å². The third kappa shape index (κ3) is 5.19. The molecule has 0 saturated carbocycles. The van der Waals surface area contributed by atoms with Gasteiger partial charge in [-0.1, -0.05) is 31.5 Å². The third-order valence-electron chi connectivity index (χ3n) is 4.60. The Morgan fingerprint density at radius 3 is 2.68 bits per heavy atom. The number of nitrogens with zero attached hydrogens (tertiary/aromatic N) is 2. The average Bonchev–Trinajstić information content (AvgIpc) is 3.12. The molecule has 1 N–H and O–H groups in total. The standard InChI is InChI=1S/C22H25N3O3/c1-2-3-13-28-20-11-9-17(10-12-20)15-23-24-22(27)18-14-21(26)25(16-18)19-7-5-4-6-8-19/h4-12,15,18H,2-3,13-14,16H2,1H3,(H,24,27)/b23-15-/t18-/m1/s1. The lowest BCUT2D eigenvalue weighted by Gasteiger charge is -2.16. The van der Waals surface area contributed by atoms with E-state index in [1.165, 1.54) is 0 Å². The van der Waals surface area contributed by atoms with Crippen molar-refractivity contribution in [3.05, 3.63) is 60.2 Å². The van der Waals surface area contributed by atoms with Crippen LogP contribution in [-0.4, -0.2) is 31.2 Å². The Balaban J connectivity index is 1.49. The number of anilines is 1. The summed E-state index contributed by atoms with van der Waals surface area (Å²) in [4.78, 5) is 26.2. The summed E-state index contributed by atoms with van der Waals surface area (Å²) < 4.78 is 5.62. The minimum absolute atomic E-state index is 0.0472. The lowest BCUT2D eigenvalue weighted by molar-refractivity contribution is -0.126. The van der Waals surface area contributed by atoms with Gasteiger partial charge >= 0.3 is 0 Å². The van der Waals surface area contributed by atoms with Crippen LogP contribution in [0.2, 0.25) is 0 Å². The van der Waals surface area contributed by atoms with Crippen LogP contribution in [0.5, 0.6) is 5.75 Å². The maximum Gasteiger partial charge on any atom is 0.245 e. The number of para-hydroxylation sites is 1. The topological polar surface area (TPSA) is 71.0 Å². The van der Waals surface area contributed by atoms with Crippen molar-refractivity contribution in [1.82, 2.24) is 5.43 Å². The minimum atomic E-state index is -0.404. The predicted molar refractivity (Wildman–Crippen MR) is 109 cm³/mol. The molecule has 0 aliphatic carbocycles. The smallest absolute Gasteiger partial charge is 0.245 e. The van der Waals surface area contributed by atoms with Gasteiger partial charge in [-0.3, -0.25) is 9.59 Å². The molecule has 0 radical (unpaired) electrons. The van der Waals surface area contributed by atoms with E-state index in [-0.39, 0.29) is 18.2 Å². The number of unbranched alkanes of at least 4 members (excludes halogenated alkanes) is 1. The van der Waals surface area contributed by atoms with Gasteiger partial charge in [-0.25, -0.2) is 5.43 Å². The number of hydrogen-bond acceptors (Lipinski definition) is 4. The van der Waals surface area contributed by atoms with Crippen LogP contribution in [0.1, 0.15) is 31.7 Å². The number of rotatable bonds is 8. The third-order valence-corrected chi connectivity index (χ3v) is 4.60. The molecule has 2 aromatic carbocycles. The number of benzene rings is 2. The van der Waals surface area contributed by atoms with Crippen molar-refractivity contribution in [2.24, 2.45) is 11.0 Å². The maximum absolute atomic E-state index is 12.3. The van der Waals surface area contributed by atoms with Crippen LogP contribution in [0.3, 0.4) is 0 Å². The van der Waals surface area contributed by atoms with Crippen LogP contribution in [0.4, 0.5) is 5.69 Å². The van der Waals surface area contributed by atoms with E-state index in [1.807, 2.05) is 54.6 Å². The molecular weight excluding hydrogens is 354 g/mol. The van der Waals surface area contributed by atoms with E-state index in [9.17, 15) is 9.59 Å². The van der Waals surface area contributed by atoms with Gasteiger partial charge in [-0.15, -0.1) is 0 Å². The van der Waals surface area contributed by atoms with Gasteiger partial charge in [-0.2, -0.15) is 5.10 Å². The molecule has 28 heavy (non-hydrogen) atoms. The van der Waals surface area contributed by atoms with Gasteiger partial charge in [0, 0.05) is 18.7 Å². The first kappa shape index (κ1) is 19.6. The van der Waals surface area contributed by atoms with Crippen molar-refractivity contribution in [3.63, 3.8) is 0 Å². The number of amides is 2. The first-order valence-corrected chi connectivity index (χ1v) is 9.58. The van der Waals surface area contributed by atoms with Crippen LogP contribution in [0.25, 0.3) is 0 Å². The molecular formula is C22H25N3O3. The van der Waals surface area contributed by atoms with Crippen molar-refractivity contribution in [3.8, 4) is 5.75 Å². The molecule has 6 nitrogen and oxygen atoms in total. The number of carbonyl (C=O) groups excluding carboxylic acids is 2. The fraction of sp³-hybridized carbons (Fsp3) is 0.318. The Kier molecular flexibility index (Phi) is 6.78. The van der Waals surface area contributed by atoms with Crippen molar-refractivity contribution in [1.29, 1.82) is 0 Å². The zero-order chi connectivity index (χ0) is 19.8. The van der Waals surface area contributed by atoms with Crippen LogP contribution < -0.4 is 15.1 Å². The molecule has 1 fully saturated rings. The lowest BCUT2D eigenvalue weighted by Crippen LogP contribution is -2.30. The first-order valence-electron chi connectivity index (χ1n) is 9.58. The summed E-state index contributed by atoms with van der Waals surface area (Å²) in [5.74, 6) is 0.121. The maximum atomic E-state index is 12.3. The van der Waals surface area contributed by atoms with E-state index in [2.05, 4.69) is 17.5 Å². The molecule has 2 aromatic rings. The molecule has 0 aromatic heterocycles. The highest BCUT2D eigenvalue weighted by Gasteiger charge is 2.34. The summed E-state index contributed by atoms with van der Waals surface area (Å²) in [5.41, 5.74) is 4.21. The van der Waals surface area contributed by atoms with E-state index in [1.54, 1.807) is 11.1 Å². The van der Waals surface area contributed by atoms with Crippen molar-refractivity contribution in [2.75, 3.05) is 18.1 Å². The normalized spacial score (nSPS) is 16.5. The van der Waals surface area contributed by atoms with Gasteiger partial charge < -0.3 is 9.64 Å². The summed E-state index contributed by atoms with van der Waals surface area (Å²) in [6.45, 7) is 3.20. The number of hydrogen-bond donors (Lipinski definition) is 1. The van der Waals surface area contributed by atoms with Crippen molar-refractivity contribution < 1.29 is 14.3 Å². The Labute approximate surface area is 165 Å². The number of carbonyl (C=O) groups is 2. The molecule has 1 saturated heterocycles. The quantitative estimate of drug-likeness (QED) is 0.434. The Bertz CT molecular complexity index is 819. The SMILES string of the molecule is CCCCOc1ccc(/C=N\NC(=O)[C@@H]2CC(=O)N(c3ccccc3)C2)cc1. The summed E-state index contributed by atoms with van der Waals surface area (Å²) in [6.07, 6.45) is 3.90. The molecule has 1 heterocycles. The molecule has 0 unspecified atom stereocenters. The molecule has 2 amide bonds. The van der Waals surface area contributed by atoms with Crippen LogP contribution in [0.15, 0.2) is 59.7 Å². The molecule has 1 aliphatic rings. The number of hydrazone groups is 1. The molecule has 6 heteroatoms. The van der Waals surface area contributed by atoms with E-state index in [0.29, 0.717) is 13.2 Å². The molecule has 146 valence electrons. The summed E-state index contributed by atoms with van der Waals surface area (Å²) >= 11 is 0. The minimum Gasteiger partial charge on any atom is -0.494 e.